The van der Waals surface area contributed by atoms with Crippen LogP contribution in [0.4, 0.5) is 0 Å². The topological polar surface area (TPSA) is 42.4 Å². The lowest BCUT2D eigenvalue weighted by molar-refractivity contribution is 0.0728. The second-order valence-corrected chi connectivity index (χ2v) is 8.69. The lowest BCUT2D eigenvalue weighted by Gasteiger charge is -2.21. The average Bonchev–Trinajstić information content (AvgIpc) is 3.49. The molecule has 29 heavy (non-hydrogen) atoms. The Labute approximate surface area is 176 Å². The van der Waals surface area contributed by atoms with Crippen molar-refractivity contribution in [3.8, 4) is 5.75 Å². The van der Waals surface area contributed by atoms with Gasteiger partial charge in [-0.15, -0.1) is 11.3 Å². The number of aromatic nitrogens is 1. The van der Waals surface area contributed by atoms with Gasteiger partial charge in [-0.25, -0.2) is 4.98 Å². The molecule has 0 bridgehead atoms. The Morgan fingerprint density at radius 2 is 1.86 bits per heavy atom. The van der Waals surface area contributed by atoms with Crippen LogP contribution < -0.4 is 4.74 Å². The molecule has 1 amide bonds. The number of para-hydroxylation sites is 1. The Balaban J connectivity index is 1.41. The molecule has 1 saturated carbocycles. The van der Waals surface area contributed by atoms with Gasteiger partial charge in [0, 0.05) is 17.0 Å². The molecule has 0 N–H and O–H groups in total. The van der Waals surface area contributed by atoms with Crippen LogP contribution in [0.3, 0.4) is 0 Å². The highest BCUT2D eigenvalue weighted by Gasteiger charge is 2.33. The standard InChI is InChI=1S/C24H26N2O2S/c1-17(2)21-10-6-7-11-22(21)28-15-23-25-19(16-29-23)14-26(20-12-13-20)24(27)18-8-4-3-5-9-18/h3-11,16-17,20H,12-15H2,1-2H3. The van der Waals surface area contributed by atoms with Crippen molar-refractivity contribution in [2.24, 2.45) is 0 Å². The molecule has 4 nitrogen and oxygen atoms in total. The van der Waals surface area contributed by atoms with E-state index in [0.717, 1.165) is 34.9 Å². The summed E-state index contributed by atoms with van der Waals surface area (Å²) in [5.74, 6) is 1.41. The monoisotopic (exact) mass is 406 g/mol. The van der Waals surface area contributed by atoms with Crippen LogP contribution in [0, 0.1) is 0 Å². The van der Waals surface area contributed by atoms with Gasteiger partial charge in [-0.05, 0) is 42.5 Å². The fourth-order valence-electron chi connectivity index (χ4n) is 3.39. The van der Waals surface area contributed by atoms with Crippen molar-refractivity contribution in [2.75, 3.05) is 0 Å². The van der Waals surface area contributed by atoms with Crippen LogP contribution in [0.5, 0.6) is 5.75 Å². The van der Waals surface area contributed by atoms with Gasteiger partial charge < -0.3 is 9.64 Å². The van der Waals surface area contributed by atoms with E-state index in [1.165, 1.54) is 5.56 Å². The van der Waals surface area contributed by atoms with E-state index in [1.54, 1.807) is 11.3 Å². The number of amides is 1. The highest BCUT2D eigenvalue weighted by atomic mass is 32.1. The molecule has 0 radical (unpaired) electrons. The largest absolute Gasteiger partial charge is 0.486 e. The quantitative estimate of drug-likeness (QED) is 0.485. The first kappa shape index (κ1) is 19.6. The maximum atomic E-state index is 12.9. The molecule has 1 aromatic heterocycles. The molecule has 150 valence electrons. The summed E-state index contributed by atoms with van der Waals surface area (Å²) < 4.78 is 6.05. The summed E-state index contributed by atoms with van der Waals surface area (Å²) in [6.07, 6.45) is 2.15. The SMILES string of the molecule is CC(C)c1ccccc1OCc1nc(CN(C(=O)c2ccccc2)C2CC2)cs1. The van der Waals surface area contributed by atoms with Crippen LogP contribution in [-0.4, -0.2) is 21.8 Å². The summed E-state index contributed by atoms with van der Waals surface area (Å²) in [5.41, 5.74) is 2.88. The fraction of sp³-hybridized carbons (Fsp3) is 0.333. The second-order valence-electron chi connectivity index (χ2n) is 7.74. The normalized spacial score (nSPS) is 13.5. The van der Waals surface area contributed by atoms with Gasteiger partial charge in [0.25, 0.3) is 5.91 Å². The van der Waals surface area contributed by atoms with Crippen LogP contribution >= 0.6 is 11.3 Å². The Hall–Kier alpha value is -2.66. The molecule has 0 saturated heterocycles. The Bertz CT molecular complexity index is 964. The third kappa shape index (κ3) is 4.85. The van der Waals surface area contributed by atoms with Gasteiger partial charge in [0.1, 0.15) is 17.4 Å². The molecular formula is C24H26N2O2S. The molecule has 5 heteroatoms. The predicted octanol–water partition coefficient (Wildman–Crippen LogP) is 5.65. The minimum Gasteiger partial charge on any atom is -0.486 e. The summed E-state index contributed by atoms with van der Waals surface area (Å²) in [4.78, 5) is 19.6. The van der Waals surface area contributed by atoms with Gasteiger partial charge >= 0.3 is 0 Å². The minimum absolute atomic E-state index is 0.0877. The van der Waals surface area contributed by atoms with Crippen LogP contribution in [0.1, 0.15) is 59.2 Å². The molecule has 4 rings (SSSR count). The Kier molecular flexibility index (Phi) is 5.95. The lowest BCUT2D eigenvalue weighted by Crippen LogP contribution is -2.32. The van der Waals surface area contributed by atoms with Gasteiger partial charge in [0.15, 0.2) is 0 Å². The molecule has 0 unspecified atom stereocenters. The number of carbonyl (C=O) groups is 1. The van der Waals surface area contributed by atoms with E-state index < -0.39 is 0 Å². The van der Waals surface area contributed by atoms with Crippen molar-refractivity contribution in [1.82, 2.24) is 9.88 Å². The fourth-order valence-corrected chi connectivity index (χ4v) is 4.09. The first-order valence-electron chi connectivity index (χ1n) is 10.1. The number of carbonyl (C=O) groups excluding carboxylic acids is 1. The molecule has 0 aliphatic heterocycles. The number of rotatable bonds is 8. The summed E-state index contributed by atoms with van der Waals surface area (Å²) in [5, 5.41) is 2.97. The van der Waals surface area contributed by atoms with Crippen LogP contribution in [0.15, 0.2) is 60.0 Å². The van der Waals surface area contributed by atoms with Crippen LogP contribution in [0.25, 0.3) is 0 Å². The van der Waals surface area contributed by atoms with Gasteiger partial charge in [0.05, 0.1) is 12.2 Å². The number of nitrogens with zero attached hydrogens (tertiary/aromatic N) is 2. The zero-order chi connectivity index (χ0) is 20.2. The zero-order valence-electron chi connectivity index (χ0n) is 16.9. The van der Waals surface area contributed by atoms with Crippen molar-refractivity contribution in [1.29, 1.82) is 0 Å². The first-order chi connectivity index (χ1) is 14.1. The number of benzene rings is 2. The van der Waals surface area contributed by atoms with E-state index in [1.807, 2.05) is 58.8 Å². The zero-order valence-corrected chi connectivity index (χ0v) is 17.7. The molecule has 0 spiro atoms. The van der Waals surface area contributed by atoms with Crippen molar-refractivity contribution in [3.05, 3.63) is 81.8 Å². The van der Waals surface area contributed by atoms with Crippen molar-refractivity contribution in [2.45, 2.75) is 51.8 Å². The molecule has 2 aromatic carbocycles. The van der Waals surface area contributed by atoms with E-state index in [-0.39, 0.29) is 5.91 Å². The molecular weight excluding hydrogens is 380 g/mol. The third-order valence-electron chi connectivity index (χ3n) is 5.09. The van der Waals surface area contributed by atoms with Crippen LogP contribution in [-0.2, 0) is 13.2 Å². The summed E-state index contributed by atoms with van der Waals surface area (Å²) in [6, 6.07) is 18.0. The number of hydrogen-bond acceptors (Lipinski definition) is 4. The highest BCUT2D eigenvalue weighted by molar-refractivity contribution is 7.09. The summed E-state index contributed by atoms with van der Waals surface area (Å²) in [6.45, 7) is 5.34. The first-order valence-corrected chi connectivity index (χ1v) is 11.0. The number of hydrogen-bond donors (Lipinski definition) is 0. The smallest absolute Gasteiger partial charge is 0.254 e. The maximum Gasteiger partial charge on any atom is 0.254 e. The van der Waals surface area contributed by atoms with Gasteiger partial charge in [-0.1, -0.05) is 50.2 Å². The molecule has 0 atom stereocenters. The van der Waals surface area contributed by atoms with Gasteiger partial charge in [-0.3, -0.25) is 4.79 Å². The predicted molar refractivity (Wildman–Crippen MR) is 116 cm³/mol. The Morgan fingerprint density at radius 1 is 1.14 bits per heavy atom. The van der Waals surface area contributed by atoms with E-state index in [9.17, 15) is 4.79 Å². The molecule has 1 fully saturated rings. The van der Waals surface area contributed by atoms with Gasteiger partial charge in [-0.2, -0.15) is 0 Å². The van der Waals surface area contributed by atoms with Crippen molar-refractivity contribution >= 4 is 17.2 Å². The molecule has 1 aliphatic carbocycles. The van der Waals surface area contributed by atoms with Gasteiger partial charge in [0.2, 0.25) is 0 Å². The third-order valence-corrected chi connectivity index (χ3v) is 5.96. The summed E-state index contributed by atoms with van der Waals surface area (Å²) >= 11 is 1.59. The number of ether oxygens (including phenoxy) is 1. The molecule has 1 heterocycles. The molecule has 3 aromatic rings. The maximum absolute atomic E-state index is 12.9. The van der Waals surface area contributed by atoms with Crippen molar-refractivity contribution < 1.29 is 9.53 Å². The Morgan fingerprint density at radius 3 is 2.59 bits per heavy atom. The lowest BCUT2D eigenvalue weighted by atomic mass is 10.0. The molecule has 1 aliphatic rings. The average molecular weight is 407 g/mol. The number of thiazole rings is 1. The minimum atomic E-state index is 0.0877. The van der Waals surface area contributed by atoms with E-state index in [4.69, 9.17) is 9.72 Å². The second kappa shape index (κ2) is 8.78. The van der Waals surface area contributed by atoms with E-state index in [2.05, 4.69) is 19.9 Å². The van der Waals surface area contributed by atoms with E-state index >= 15 is 0 Å². The van der Waals surface area contributed by atoms with Crippen molar-refractivity contribution in [3.63, 3.8) is 0 Å². The van der Waals surface area contributed by atoms with E-state index in [0.29, 0.717) is 25.1 Å². The highest BCUT2D eigenvalue weighted by Crippen LogP contribution is 2.30. The van der Waals surface area contributed by atoms with Crippen LogP contribution in [0.2, 0.25) is 0 Å². The summed E-state index contributed by atoms with van der Waals surface area (Å²) in [7, 11) is 0.